The van der Waals surface area contributed by atoms with E-state index in [2.05, 4.69) is 41.2 Å². The van der Waals surface area contributed by atoms with Gasteiger partial charge >= 0.3 is 0 Å². The molecule has 0 saturated carbocycles. The molecule has 4 heteroatoms. The average Bonchev–Trinajstić information content (AvgIpc) is 2.33. The zero-order chi connectivity index (χ0) is 14.3. The minimum absolute atomic E-state index is 0.0348. The summed E-state index contributed by atoms with van der Waals surface area (Å²) in [7, 11) is 1.69. The van der Waals surface area contributed by atoms with E-state index in [0.29, 0.717) is 12.5 Å². The quantitative estimate of drug-likeness (QED) is 0.790. The second kappa shape index (κ2) is 8.56. The lowest BCUT2D eigenvalue weighted by Gasteiger charge is -2.19. The average molecular weight is 330 g/mol. The highest BCUT2D eigenvalue weighted by Gasteiger charge is 2.11. The zero-order valence-corrected chi connectivity index (χ0v) is 13.8. The molecule has 19 heavy (non-hydrogen) atoms. The molecule has 0 fully saturated rings. The summed E-state index contributed by atoms with van der Waals surface area (Å²) in [4.78, 5) is 0. The van der Waals surface area contributed by atoms with E-state index in [9.17, 15) is 0 Å². The zero-order valence-electron chi connectivity index (χ0n) is 12.2. The summed E-state index contributed by atoms with van der Waals surface area (Å²) < 4.78 is 12.1. The second-order valence-electron chi connectivity index (χ2n) is 5.14. The summed E-state index contributed by atoms with van der Waals surface area (Å²) in [6.45, 7) is 8.80. The third-order valence-corrected chi connectivity index (χ3v) is 3.26. The third kappa shape index (κ3) is 5.93. The van der Waals surface area contributed by atoms with E-state index in [1.165, 1.54) is 0 Å². The Labute approximate surface area is 124 Å². The van der Waals surface area contributed by atoms with E-state index in [0.717, 1.165) is 28.9 Å². The predicted octanol–water partition coefficient (Wildman–Crippen LogP) is 3.61. The molecule has 1 aromatic carbocycles. The summed E-state index contributed by atoms with van der Waals surface area (Å²) in [6, 6.07) is 6.12. The number of para-hydroxylation sites is 1. The number of nitrogens with one attached hydrogen (secondary N) is 1. The van der Waals surface area contributed by atoms with Gasteiger partial charge in [0.2, 0.25) is 0 Å². The van der Waals surface area contributed by atoms with Crippen molar-refractivity contribution in [2.45, 2.75) is 33.4 Å². The summed E-state index contributed by atoms with van der Waals surface area (Å²) in [5.74, 6) is 1.55. The van der Waals surface area contributed by atoms with Crippen molar-refractivity contribution in [1.29, 1.82) is 0 Å². The highest BCUT2D eigenvalue weighted by Crippen LogP contribution is 2.30. The van der Waals surface area contributed by atoms with Gasteiger partial charge in [-0.05, 0) is 41.4 Å². The lowest BCUT2D eigenvalue weighted by atomic mass is 10.1. The van der Waals surface area contributed by atoms with Gasteiger partial charge in [-0.3, -0.25) is 0 Å². The first-order chi connectivity index (χ1) is 9.04. The van der Waals surface area contributed by atoms with Crippen molar-refractivity contribution in [1.82, 2.24) is 5.32 Å². The number of halogens is 1. The van der Waals surface area contributed by atoms with Crippen LogP contribution in [0.15, 0.2) is 22.7 Å². The monoisotopic (exact) mass is 329 g/mol. The smallest absolute Gasteiger partial charge is 0.138 e. The van der Waals surface area contributed by atoms with Crippen LogP contribution in [-0.2, 0) is 11.3 Å². The molecule has 0 saturated heterocycles. The van der Waals surface area contributed by atoms with Crippen molar-refractivity contribution >= 4 is 15.9 Å². The fourth-order valence-corrected chi connectivity index (χ4v) is 2.29. The predicted molar refractivity (Wildman–Crippen MR) is 82.7 cm³/mol. The Balaban J connectivity index is 2.71. The molecule has 1 aromatic rings. The van der Waals surface area contributed by atoms with E-state index < -0.39 is 0 Å². The van der Waals surface area contributed by atoms with Crippen LogP contribution >= 0.6 is 15.9 Å². The van der Waals surface area contributed by atoms with E-state index in [-0.39, 0.29) is 6.10 Å². The summed E-state index contributed by atoms with van der Waals surface area (Å²) in [6.07, 6.45) is 0.0348. The fourth-order valence-electron chi connectivity index (χ4n) is 1.79. The first-order valence-corrected chi connectivity index (χ1v) is 7.47. The molecule has 0 aromatic heterocycles. The van der Waals surface area contributed by atoms with Crippen LogP contribution in [0, 0.1) is 5.92 Å². The van der Waals surface area contributed by atoms with E-state index in [1.54, 1.807) is 7.11 Å². The molecule has 0 radical (unpaired) electrons. The number of hydrogen-bond donors (Lipinski definition) is 1. The first kappa shape index (κ1) is 16.5. The molecule has 0 aliphatic rings. The van der Waals surface area contributed by atoms with Crippen molar-refractivity contribution in [3.05, 3.63) is 28.2 Å². The van der Waals surface area contributed by atoms with E-state index >= 15 is 0 Å². The second-order valence-corrected chi connectivity index (χ2v) is 5.99. The maximum absolute atomic E-state index is 5.96. The molecule has 0 aliphatic carbocycles. The van der Waals surface area contributed by atoms with Crippen LogP contribution in [-0.4, -0.2) is 26.4 Å². The molecule has 108 valence electrons. The van der Waals surface area contributed by atoms with Crippen molar-refractivity contribution in [3.8, 4) is 5.75 Å². The Morgan fingerprint density at radius 2 is 2.00 bits per heavy atom. The van der Waals surface area contributed by atoms with Crippen LogP contribution in [0.25, 0.3) is 0 Å². The highest BCUT2D eigenvalue weighted by molar-refractivity contribution is 9.10. The van der Waals surface area contributed by atoms with Gasteiger partial charge in [0, 0.05) is 19.2 Å². The van der Waals surface area contributed by atoms with E-state index in [4.69, 9.17) is 9.47 Å². The highest BCUT2D eigenvalue weighted by atomic mass is 79.9. The maximum atomic E-state index is 5.96. The molecule has 1 atom stereocenters. The minimum Gasteiger partial charge on any atom is -0.487 e. The Morgan fingerprint density at radius 3 is 2.63 bits per heavy atom. The minimum atomic E-state index is 0.0348. The van der Waals surface area contributed by atoms with Crippen molar-refractivity contribution in [2.24, 2.45) is 5.92 Å². The van der Waals surface area contributed by atoms with Gasteiger partial charge in [0.15, 0.2) is 0 Å². The van der Waals surface area contributed by atoms with Crippen molar-refractivity contribution in [2.75, 3.05) is 20.3 Å². The molecule has 1 rings (SSSR count). The van der Waals surface area contributed by atoms with Gasteiger partial charge in [-0.2, -0.15) is 0 Å². The number of benzene rings is 1. The number of ether oxygens (including phenoxy) is 2. The number of hydrogen-bond acceptors (Lipinski definition) is 3. The molecular formula is C15H24BrNO2. The lowest BCUT2D eigenvalue weighted by Crippen LogP contribution is -2.22. The van der Waals surface area contributed by atoms with Crippen LogP contribution in [0.1, 0.15) is 26.3 Å². The largest absolute Gasteiger partial charge is 0.487 e. The van der Waals surface area contributed by atoms with Gasteiger partial charge in [0.25, 0.3) is 0 Å². The standard InChI is InChI=1S/C15H24BrNO2/c1-11(2)8-17-9-13-6-5-7-14(16)15(13)19-12(3)10-18-4/h5-7,11-12,17H,8-10H2,1-4H3. The maximum Gasteiger partial charge on any atom is 0.138 e. The summed E-state index contributed by atoms with van der Waals surface area (Å²) in [5.41, 5.74) is 1.16. The topological polar surface area (TPSA) is 30.5 Å². The van der Waals surface area contributed by atoms with Crippen LogP contribution in [0.4, 0.5) is 0 Å². The normalized spacial score (nSPS) is 12.7. The Kier molecular flexibility index (Phi) is 7.42. The molecule has 1 unspecified atom stereocenters. The van der Waals surface area contributed by atoms with Crippen LogP contribution in [0.3, 0.4) is 0 Å². The SMILES string of the molecule is COCC(C)Oc1c(Br)cccc1CNCC(C)C. The molecular weight excluding hydrogens is 306 g/mol. The lowest BCUT2D eigenvalue weighted by molar-refractivity contribution is 0.0908. The van der Waals surface area contributed by atoms with Gasteiger partial charge in [-0.1, -0.05) is 26.0 Å². The summed E-state index contributed by atoms with van der Waals surface area (Å²) in [5, 5.41) is 3.44. The number of rotatable bonds is 8. The fraction of sp³-hybridized carbons (Fsp3) is 0.600. The first-order valence-electron chi connectivity index (χ1n) is 6.68. The molecule has 0 spiro atoms. The van der Waals surface area contributed by atoms with Gasteiger partial charge in [0.05, 0.1) is 11.1 Å². The molecule has 3 nitrogen and oxygen atoms in total. The van der Waals surface area contributed by atoms with Crippen LogP contribution in [0.5, 0.6) is 5.75 Å². The van der Waals surface area contributed by atoms with E-state index in [1.807, 2.05) is 19.1 Å². The molecule has 0 bridgehead atoms. The molecule has 0 amide bonds. The number of methoxy groups -OCH3 is 1. The van der Waals surface area contributed by atoms with Crippen molar-refractivity contribution in [3.63, 3.8) is 0 Å². The third-order valence-electron chi connectivity index (χ3n) is 2.64. The van der Waals surface area contributed by atoms with Gasteiger partial charge < -0.3 is 14.8 Å². The Bertz CT molecular complexity index is 382. The molecule has 0 heterocycles. The Morgan fingerprint density at radius 1 is 1.26 bits per heavy atom. The van der Waals surface area contributed by atoms with Gasteiger partial charge in [-0.25, -0.2) is 0 Å². The van der Waals surface area contributed by atoms with Crippen LogP contribution in [0.2, 0.25) is 0 Å². The van der Waals surface area contributed by atoms with Crippen LogP contribution < -0.4 is 10.1 Å². The molecule has 0 aliphatic heterocycles. The summed E-state index contributed by atoms with van der Waals surface area (Å²) >= 11 is 3.55. The van der Waals surface area contributed by atoms with Gasteiger partial charge in [0.1, 0.15) is 11.9 Å². The Hall–Kier alpha value is -0.580. The van der Waals surface area contributed by atoms with Gasteiger partial charge in [-0.15, -0.1) is 0 Å². The van der Waals surface area contributed by atoms with Crippen molar-refractivity contribution < 1.29 is 9.47 Å². The molecule has 1 N–H and O–H groups in total.